The van der Waals surface area contributed by atoms with Crippen LogP contribution in [0.3, 0.4) is 0 Å². The molecule has 44 heavy (non-hydrogen) atoms. The largest absolute Gasteiger partial charge is 0.480 e. The van der Waals surface area contributed by atoms with Gasteiger partial charge in [0, 0.05) is 24.0 Å². The van der Waals surface area contributed by atoms with Crippen LogP contribution >= 0.6 is 0 Å². The number of carbonyl (C=O) groups excluding carboxylic acids is 1. The second-order valence-corrected chi connectivity index (χ2v) is 12.8. The van der Waals surface area contributed by atoms with E-state index in [9.17, 15) is 23.1 Å². The fourth-order valence-electron chi connectivity index (χ4n) is 4.72. The van der Waals surface area contributed by atoms with Crippen molar-refractivity contribution >= 4 is 21.7 Å². The van der Waals surface area contributed by atoms with Gasteiger partial charge in [0.15, 0.2) is 0 Å². The average Bonchev–Trinajstić information content (AvgIpc) is 3.49. The van der Waals surface area contributed by atoms with Crippen molar-refractivity contribution in [1.82, 2.24) is 5.32 Å². The first-order chi connectivity index (χ1) is 21.1. The molecule has 1 aromatic heterocycles. The molecule has 0 saturated heterocycles. The van der Waals surface area contributed by atoms with Crippen LogP contribution in [0, 0.1) is 6.92 Å². The summed E-state index contributed by atoms with van der Waals surface area (Å²) in [5.74, 6) is -0.940. The molecule has 1 amide bonds. The van der Waals surface area contributed by atoms with E-state index in [4.69, 9.17) is 13.9 Å². The highest BCUT2D eigenvalue weighted by Crippen LogP contribution is 2.31. The van der Waals surface area contributed by atoms with Crippen LogP contribution in [0.5, 0.6) is 0 Å². The number of rotatable bonds is 15. The summed E-state index contributed by atoms with van der Waals surface area (Å²) in [5.41, 5.74) is 4.31. The van der Waals surface area contributed by atoms with Crippen LogP contribution < -0.4 is 5.32 Å². The van der Waals surface area contributed by atoms with Gasteiger partial charge in [-0.1, -0.05) is 60.7 Å². The number of hydrogen-bond acceptors (Lipinski definition) is 7. The van der Waals surface area contributed by atoms with Crippen LogP contribution in [-0.2, 0) is 30.7 Å². The molecule has 10 heteroatoms. The van der Waals surface area contributed by atoms with Crippen LogP contribution in [0.1, 0.15) is 46.7 Å². The Balaban J connectivity index is 1.59. The molecule has 0 aliphatic heterocycles. The summed E-state index contributed by atoms with van der Waals surface area (Å²) in [7, 11) is -3.41. The minimum Gasteiger partial charge on any atom is -0.480 e. The van der Waals surface area contributed by atoms with Gasteiger partial charge in [0.2, 0.25) is 0 Å². The molecule has 3 aromatic carbocycles. The summed E-state index contributed by atoms with van der Waals surface area (Å²) in [6, 6.07) is 25.0. The molecule has 0 aliphatic carbocycles. The summed E-state index contributed by atoms with van der Waals surface area (Å²) in [4.78, 5) is 25.2. The Bertz CT molecular complexity index is 1680. The second kappa shape index (κ2) is 15.0. The van der Waals surface area contributed by atoms with Gasteiger partial charge >= 0.3 is 5.97 Å². The first kappa shape index (κ1) is 32.7. The lowest BCUT2D eigenvalue weighted by Gasteiger charge is -2.19. The number of sulfone groups is 1. The Morgan fingerprint density at radius 1 is 0.955 bits per heavy atom. The molecule has 0 fully saturated rings. The number of hydrogen-bond donors (Lipinski definition) is 2. The fourth-order valence-corrected chi connectivity index (χ4v) is 5.38. The summed E-state index contributed by atoms with van der Waals surface area (Å²) >= 11 is 0. The number of amides is 1. The fraction of sp³-hybridized carbons (Fsp3) is 0.294. The van der Waals surface area contributed by atoms with Crippen molar-refractivity contribution in [2.24, 2.45) is 0 Å². The third kappa shape index (κ3) is 8.89. The predicted molar refractivity (Wildman–Crippen MR) is 168 cm³/mol. The molecular formula is C34H37NO8S. The summed E-state index contributed by atoms with van der Waals surface area (Å²) < 4.78 is 41.4. The number of nitrogens with one attached hydrogen (secondary N) is 1. The standard InChI is InChI=1S/C34H37NO8S/c1-4-41-22-32(31-17-16-30(43-31)25-11-6-5-7-12-25)42-21-24-14-15-27(28(20-24)26-13-9-8-10-23(26)2)33(36)35-29(34(37)38)18-19-44(3,39)40/h5-17,20,29,32H,4,18-19,21-22H2,1-3H3,(H,35,36)(H,37,38). The zero-order valence-electron chi connectivity index (χ0n) is 25.0. The van der Waals surface area contributed by atoms with E-state index >= 15 is 0 Å². The molecule has 9 nitrogen and oxygen atoms in total. The average molecular weight is 620 g/mol. The highest BCUT2D eigenvalue weighted by Gasteiger charge is 2.25. The number of benzene rings is 3. The van der Waals surface area contributed by atoms with E-state index in [2.05, 4.69) is 5.32 Å². The highest BCUT2D eigenvalue weighted by molar-refractivity contribution is 7.90. The lowest BCUT2D eigenvalue weighted by Crippen LogP contribution is -2.42. The summed E-state index contributed by atoms with van der Waals surface area (Å²) in [5, 5.41) is 12.1. The summed E-state index contributed by atoms with van der Waals surface area (Å²) in [6.45, 7) is 4.81. The van der Waals surface area contributed by atoms with Crippen molar-refractivity contribution in [2.45, 2.75) is 39.0 Å². The first-order valence-corrected chi connectivity index (χ1v) is 16.4. The molecule has 0 saturated carbocycles. The third-order valence-electron chi connectivity index (χ3n) is 7.07. The van der Waals surface area contributed by atoms with Gasteiger partial charge in [-0.05, 0) is 66.8 Å². The second-order valence-electron chi connectivity index (χ2n) is 10.5. The number of aryl methyl sites for hydroxylation is 1. The third-order valence-corrected chi connectivity index (χ3v) is 8.05. The van der Waals surface area contributed by atoms with Crippen molar-refractivity contribution in [3.8, 4) is 22.5 Å². The molecule has 0 aliphatic rings. The van der Waals surface area contributed by atoms with Gasteiger partial charge in [-0.3, -0.25) is 4.79 Å². The minimum absolute atomic E-state index is 0.187. The molecule has 1 heterocycles. The van der Waals surface area contributed by atoms with E-state index in [1.807, 2.05) is 86.6 Å². The molecule has 0 radical (unpaired) electrons. The molecule has 2 N–H and O–H groups in total. The Labute approximate surface area is 257 Å². The molecule has 0 bridgehead atoms. The van der Waals surface area contributed by atoms with Crippen molar-refractivity contribution < 1.29 is 37.0 Å². The smallest absolute Gasteiger partial charge is 0.326 e. The van der Waals surface area contributed by atoms with E-state index < -0.39 is 33.9 Å². The quantitative estimate of drug-likeness (QED) is 0.170. The number of ether oxygens (including phenoxy) is 2. The van der Waals surface area contributed by atoms with E-state index in [-0.39, 0.29) is 31.0 Å². The Morgan fingerprint density at radius 3 is 2.36 bits per heavy atom. The minimum atomic E-state index is -3.41. The van der Waals surface area contributed by atoms with Gasteiger partial charge in [0.05, 0.1) is 19.0 Å². The molecule has 4 aromatic rings. The molecule has 2 atom stereocenters. The van der Waals surface area contributed by atoms with Gasteiger partial charge in [-0.2, -0.15) is 0 Å². The number of furan rings is 1. The van der Waals surface area contributed by atoms with Crippen molar-refractivity contribution in [3.63, 3.8) is 0 Å². The lowest BCUT2D eigenvalue weighted by atomic mass is 9.93. The van der Waals surface area contributed by atoms with Crippen molar-refractivity contribution in [1.29, 1.82) is 0 Å². The van der Waals surface area contributed by atoms with Crippen LogP contribution in [0.15, 0.2) is 89.3 Å². The first-order valence-electron chi connectivity index (χ1n) is 14.3. The Morgan fingerprint density at radius 2 is 1.68 bits per heavy atom. The number of aliphatic carboxylic acids is 1. The van der Waals surface area contributed by atoms with Gasteiger partial charge in [-0.15, -0.1) is 0 Å². The van der Waals surface area contributed by atoms with Crippen molar-refractivity contribution in [2.75, 3.05) is 25.2 Å². The van der Waals surface area contributed by atoms with Crippen LogP contribution in [0.25, 0.3) is 22.5 Å². The number of carboxylic acids is 1. The molecular weight excluding hydrogens is 582 g/mol. The van der Waals surface area contributed by atoms with Gasteiger partial charge in [-0.25, -0.2) is 13.2 Å². The van der Waals surface area contributed by atoms with E-state index in [0.717, 1.165) is 34.3 Å². The SMILES string of the molecule is CCOCC(OCc1ccc(C(=O)NC(CCS(C)(=O)=O)C(=O)O)c(-c2ccccc2C)c1)c1ccc(-c2ccccc2)o1. The van der Waals surface area contributed by atoms with Crippen molar-refractivity contribution in [3.05, 3.63) is 107 Å². The van der Waals surface area contributed by atoms with Crippen LogP contribution in [0.2, 0.25) is 0 Å². The maximum Gasteiger partial charge on any atom is 0.326 e. The topological polar surface area (TPSA) is 132 Å². The number of carbonyl (C=O) groups is 2. The monoisotopic (exact) mass is 619 g/mol. The zero-order valence-corrected chi connectivity index (χ0v) is 25.8. The zero-order chi connectivity index (χ0) is 31.7. The van der Waals surface area contributed by atoms with E-state index in [0.29, 0.717) is 17.9 Å². The number of carboxylic acid groups (broad SMARTS) is 1. The van der Waals surface area contributed by atoms with E-state index in [1.165, 1.54) is 0 Å². The van der Waals surface area contributed by atoms with Gasteiger partial charge in [0.1, 0.15) is 33.5 Å². The lowest BCUT2D eigenvalue weighted by molar-refractivity contribution is -0.139. The van der Waals surface area contributed by atoms with Gasteiger partial charge in [0.25, 0.3) is 5.91 Å². The Kier molecular flexibility index (Phi) is 11.1. The molecule has 2 unspecified atom stereocenters. The summed E-state index contributed by atoms with van der Waals surface area (Å²) in [6.07, 6.45) is 0.298. The molecule has 232 valence electrons. The maximum absolute atomic E-state index is 13.4. The molecule has 0 spiro atoms. The highest BCUT2D eigenvalue weighted by atomic mass is 32.2. The Hall–Kier alpha value is -4.25. The van der Waals surface area contributed by atoms with Gasteiger partial charge < -0.3 is 24.3 Å². The maximum atomic E-state index is 13.4. The molecule has 4 rings (SSSR count). The van der Waals surface area contributed by atoms with E-state index in [1.54, 1.807) is 12.1 Å². The normalized spacial score (nSPS) is 12.9. The van der Waals surface area contributed by atoms with Crippen LogP contribution in [-0.4, -0.2) is 56.7 Å². The van der Waals surface area contributed by atoms with Crippen LogP contribution in [0.4, 0.5) is 0 Å². The predicted octanol–water partition coefficient (Wildman–Crippen LogP) is 5.83.